The van der Waals surface area contributed by atoms with Crippen LogP contribution in [0.2, 0.25) is 0 Å². The second kappa shape index (κ2) is 7.27. The van der Waals surface area contributed by atoms with Crippen LogP contribution in [-0.4, -0.2) is 54.8 Å². The lowest BCUT2D eigenvalue weighted by Crippen LogP contribution is -2.48. The minimum absolute atomic E-state index is 0.0135. The number of oxazole rings is 1. The molecule has 0 radical (unpaired) electrons. The monoisotopic (exact) mass is 432 g/mol. The van der Waals surface area contributed by atoms with Gasteiger partial charge < -0.3 is 24.1 Å². The smallest absolute Gasteiger partial charge is 0.408 e. The summed E-state index contributed by atoms with van der Waals surface area (Å²) in [5, 5.41) is 2.80. The minimum Gasteiger partial charge on any atom is -0.408 e. The summed E-state index contributed by atoms with van der Waals surface area (Å²) in [7, 11) is 0. The molecule has 31 heavy (non-hydrogen) atoms. The van der Waals surface area contributed by atoms with Gasteiger partial charge in [-0.2, -0.15) is 0 Å². The summed E-state index contributed by atoms with van der Waals surface area (Å²) in [6.45, 7) is 2.72. The molecule has 0 bridgehead atoms. The first-order chi connectivity index (χ1) is 14.8. The highest BCUT2D eigenvalue weighted by molar-refractivity contribution is 5.94. The van der Waals surface area contributed by atoms with Crippen molar-refractivity contribution in [1.29, 1.82) is 0 Å². The van der Waals surface area contributed by atoms with Crippen LogP contribution in [0.4, 0.5) is 20.2 Å². The number of halogens is 2. The molecular weight excluding hydrogens is 414 g/mol. The zero-order valence-electron chi connectivity index (χ0n) is 16.2. The van der Waals surface area contributed by atoms with Crippen molar-refractivity contribution in [2.24, 2.45) is 0 Å². The van der Waals surface area contributed by atoms with E-state index in [1.165, 1.54) is 12.1 Å². The molecule has 2 N–H and O–H groups in total. The fraction of sp³-hybridized carbons (Fsp3) is 0.300. The maximum absolute atomic E-state index is 13.2. The number of aromatic nitrogens is 1. The van der Waals surface area contributed by atoms with Crippen LogP contribution in [0.25, 0.3) is 11.1 Å². The van der Waals surface area contributed by atoms with Gasteiger partial charge in [-0.3, -0.25) is 14.7 Å². The van der Waals surface area contributed by atoms with Gasteiger partial charge in [0.15, 0.2) is 17.1 Å². The number of aromatic amines is 1. The number of carbonyl (C=O) groups excluding carboxylic acids is 1. The van der Waals surface area contributed by atoms with Gasteiger partial charge in [0.05, 0.1) is 12.1 Å². The summed E-state index contributed by atoms with van der Waals surface area (Å²) in [4.78, 5) is 30.2. The standard InChI is InChI=1S/C20H18F2N4O5/c21-20(22)30-15-4-2-13(10-17(15)31-20)26-7-5-25(6-8-26)11-18(27)23-12-1-3-14-16(9-12)29-19(28)24-14/h1-4,9-10H,5-8,11H2,(H,23,27)(H,24,28). The van der Waals surface area contributed by atoms with Gasteiger partial charge in [-0.25, -0.2) is 4.79 Å². The van der Waals surface area contributed by atoms with Crippen LogP contribution in [0.15, 0.2) is 45.6 Å². The topological polar surface area (TPSA) is 100 Å². The van der Waals surface area contributed by atoms with E-state index in [1.54, 1.807) is 24.3 Å². The summed E-state index contributed by atoms with van der Waals surface area (Å²) >= 11 is 0. The number of benzene rings is 2. The van der Waals surface area contributed by atoms with Gasteiger partial charge in [0.1, 0.15) is 0 Å². The summed E-state index contributed by atoms with van der Waals surface area (Å²) < 4.78 is 40.3. The second-order valence-electron chi connectivity index (χ2n) is 7.34. The van der Waals surface area contributed by atoms with Gasteiger partial charge >= 0.3 is 12.1 Å². The number of anilines is 2. The molecule has 0 spiro atoms. The molecular formula is C20H18F2N4O5. The molecule has 0 saturated carbocycles. The van der Waals surface area contributed by atoms with Gasteiger partial charge in [0.2, 0.25) is 5.91 Å². The zero-order chi connectivity index (χ0) is 21.6. The number of ether oxygens (including phenoxy) is 2. The lowest BCUT2D eigenvalue weighted by molar-refractivity contribution is -0.286. The molecule has 0 unspecified atom stereocenters. The SMILES string of the molecule is O=C(CN1CCN(c2ccc3c(c2)OC(F)(F)O3)CC1)Nc1ccc2[nH]c(=O)oc2c1. The number of alkyl halides is 2. The number of hydrogen-bond acceptors (Lipinski definition) is 7. The Balaban J connectivity index is 1.15. The maximum Gasteiger partial charge on any atom is 0.586 e. The van der Waals surface area contributed by atoms with E-state index in [1.807, 2.05) is 9.80 Å². The van der Waals surface area contributed by atoms with Crippen LogP contribution in [0.3, 0.4) is 0 Å². The molecule has 0 aliphatic carbocycles. The fourth-order valence-electron chi connectivity index (χ4n) is 3.73. The van der Waals surface area contributed by atoms with E-state index in [4.69, 9.17) is 4.42 Å². The third-order valence-corrected chi connectivity index (χ3v) is 5.19. The molecule has 5 rings (SSSR count). The Morgan fingerprint density at radius 2 is 1.84 bits per heavy atom. The molecule has 11 heteroatoms. The van der Waals surface area contributed by atoms with Crippen LogP contribution in [-0.2, 0) is 4.79 Å². The zero-order valence-corrected chi connectivity index (χ0v) is 16.2. The van der Waals surface area contributed by atoms with Crippen molar-refractivity contribution in [3.63, 3.8) is 0 Å². The Morgan fingerprint density at radius 1 is 1.06 bits per heavy atom. The number of rotatable bonds is 4. The highest BCUT2D eigenvalue weighted by Crippen LogP contribution is 2.42. The first-order valence-corrected chi connectivity index (χ1v) is 9.65. The largest absolute Gasteiger partial charge is 0.586 e. The van der Waals surface area contributed by atoms with Crippen LogP contribution >= 0.6 is 0 Å². The molecule has 9 nitrogen and oxygen atoms in total. The van der Waals surface area contributed by atoms with Gasteiger partial charge in [0.25, 0.3) is 0 Å². The van der Waals surface area contributed by atoms with Gasteiger partial charge in [-0.15, -0.1) is 8.78 Å². The third kappa shape index (κ3) is 4.04. The Morgan fingerprint density at radius 3 is 2.65 bits per heavy atom. The van der Waals surface area contributed by atoms with E-state index in [0.29, 0.717) is 43.0 Å². The Labute approximate surface area is 174 Å². The molecule has 1 amide bonds. The molecule has 3 heterocycles. The summed E-state index contributed by atoms with van der Waals surface area (Å²) in [5.41, 5.74) is 2.23. The van der Waals surface area contributed by atoms with Gasteiger partial charge in [0, 0.05) is 49.7 Å². The van der Waals surface area contributed by atoms with Crippen molar-refractivity contribution in [3.05, 3.63) is 46.9 Å². The molecule has 1 fully saturated rings. The highest BCUT2D eigenvalue weighted by Gasteiger charge is 2.43. The minimum atomic E-state index is -3.63. The molecule has 1 saturated heterocycles. The number of nitrogens with one attached hydrogen (secondary N) is 2. The van der Waals surface area contributed by atoms with Crippen molar-refractivity contribution in [3.8, 4) is 11.5 Å². The van der Waals surface area contributed by atoms with E-state index in [9.17, 15) is 18.4 Å². The summed E-state index contributed by atoms with van der Waals surface area (Å²) in [5.74, 6) is -0.704. The number of piperazine rings is 1. The Bertz CT molecular complexity index is 1200. The van der Waals surface area contributed by atoms with Crippen molar-refractivity contribution in [2.75, 3.05) is 42.9 Å². The van der Waals surface area contributed by atoms with Gasteiger partial charge in [-0.1, -0.05) is 0 Å². The molecule has 3 aromatic rings. The van der Waals surface area contributed by atoms with E-state index < -0.39 is 12.1 Å². The van der Waals surface area contributed by atoms with Crippen molar-refractivity contribution in [2.45, 2.75) is 6.29 Å². The average molecular weight is 432 g/mol. The predicted octanol–water partition coefficient (Wildman–Crippen LogP) is 2.20. The molecule has 2 aliphatic heterocycles. The fourth-order valence-corrected chi connectivity index (χ4v) is 3.73. The van der Waals surface area contributed by atoms with Crippen LogP contribution in [0.5, 0.6) is 11.5 Å². The number of hydrogen-bond donors (Lipinski definition) is 2. The van der Waals surface area contributed by atoms with Crippen LogP contribution < -0.4 is 25.4 Å². The molecule has 2 aliphatic rings. The number of fused-ring (bicyclic) bond motifs is 2. The van der Waals surface area contributed by atoms with E-state index in [0.717, 1.165) is 5.69 Å². The quantitative estimate of drug-likeness (QED) is 0.652. The predicted molar refractivity (Wildman–Crippen MR) is 107 cm³/mol. The Kier molecular flexibility index (Phi) is 4.54. The average Bonchev–Trinajstić information content (AvgIpc) is 3.24. The molecule has 0 atom stereocenters. The van der Waals surface area contributed by atoms with Crippen molar-refractivity contribution >= 4 is 28.4 Å². The Hall–Kier alpha value is -3.60. The summed E-state index contributed by atoms with van der Waals surface area (Å²) in [6.07, 6.45) is -3.63. The lowest BCUT2D eigenvalue weighted by Gasteiger charge is -2.35. The van der Waals surface area contributed by atoms with Crippen LogP contribution in [0.1, 0.15) is 0 Å². The third-order valence-electron chi connectivity index (χ3n) is 5.19. The lowest BCUT2D eigenvalue weighted by atomic mass is 10.2. The van der Waals surface area contributed by atoms with E-state index >= 15 is 0 Å². The molecule has 162 valence electrons. The van der Waals surface area contributed by atoms with Crippen molar-refractivity contribution in [1.82, 2.24) is 9.88 Å². The highest BCUT2D eigenvalue weighted by atomic mass is 19.3. The number of nitrogens with zero attached hydrogens (tertiary/aromatic N) is 2. The summed E-state index contributed by atoms with van der Waals surface area (Å²) in [6, 6.07) is 9.65. The molecule has 2 aromatic carbocycles. The molecule has 1 aromatic heterocycles. The van der Waals surface area contributed by atoms with Crippen molar-refractivity contribution < 1.29 is 27.5 Å². The normalized spacial score (nSPS) is 17.8. The second-order valence-corrected chi connectivity index (χ2v) is 7.34. The first kappa shape index (κ1) is 19.4. The van der Waals surface area contributed by atoms with Crippen LogP contribution in [0, 0.1) is 0 Å². The van der Waals surface area contributed by atoms with E-state index in [-0.39, 0.29) is 24.0 Å². The first-order valence-electron chi connectivity index (χ1n) is 9.65. The number of H-pyrrole nitrogens is 1. The number of carbonyl (C=O) groups is 1. The number of amides is 1. The maximum atomic E-state index is 13.2. The van der Waals surface area contributed by atoms with E-state index in [2.05, 4.69) is 19.8 Å². The van der Waals surface area contributed by atoms with Gasteiger partial charge in [-0.05, 0) is 24.3 Å².